The van der Waals surface area contributed by atoms with Crippen molar-refractivity contribution in [3.8, 4) is 0 Å². The number of esters is 1. The van der Waals surface area contributed by atoms with Crippen LogP contribution in [0.1, 0.15) is 103 Å². The lowest BCUT2D eigenvalue weighted by Gasteiger charge is -2.37. The lowest BCUT2D eigenvalue weighted by molar-refractivity contribution is -0.155. The van der Waals surface area contributed by atoms with E-state index in [0.717, 1.165) is 29.5 Å². The third kappa shape index (κ3) is 13.4. The first kappa shape index (κ1) is 45.9. The van der Waals surface area contributed by atoms with Crippen molar-refractivity contribution in [1.82, 2.24) is 16.0 Å². The van der Waals surface area contributed by atoms with E-state index in [9.17, 15) is 34.2 Å². The zero-order chi connectivity index (χ0) is 42.3. The maximum atomic E-state index is 14.5. The van der Waals surface area contributed by atoms with Crippen molar-refractivity contribution in [3.63, 3.8) is 0 Å². The van der Waals surface area contributed by atoms with Gasteiger partial charge in [0.15, 0.2) is 0 Å². The summed E-state index contributed by atoms with van der Waals surface area (Å²) in [6.45, 7) is 8.55. The zero-order valence-electron chi connectivity index (χ0n) is 34.2. The van der Waals surface area contributed by atoms with Gasteiger partial charge in [-0.2, -0.15) is 0 Å². The summed E-state index contributed by atoms with van der Waals surface area (Å²) in [6, 6.07) is 27.1. The minimum Gasteiger partial charge on any atom is -0.460 e. The first-order valence-electron chi connectivity index (χ1n) is 20.0. The smallest absolute Gasteiger partial charge is 0.306 e. The number of thioether (sulfide) groups is 1. The largest absolute Gasteiger partial charge is 0.460 e. The molecule has 0 spiro atoms. The van der Waals surface area contributed by atoms with Crippen LogP contribution in [0.2, 0.25) is 0 Å². The van der Waals surface area contributed by atoms with Crippen LogP contribution in [0.3, 0.4) is 0 Å². The van der Waals surface area contributed by atoms with E-state index >= 15 is 0 Å². The van der Waals surface area contributed by atoms with E-state index in [0.29, 0.717) is 12.8 Å². The number of carbonyl (C=O) groups excluding carboxylic acids is 5. The van der Waals surface area contributed by atoms with Gasteiger partial charge < -0.3 is 30.9 Å². The third-order valence-corrected chi connectivity index (χ3v) is 11.5. The number of carbonyl (C=O) groups is 5. The van der Waals surface area contributed by atoms with Gasteiger partial charge in [0.25, 0.3) is 0 Å². The minimum absolute atomic E-state index is 0.0306. The van der Waals surface area contributed by atoms with Gasteiger partial charge in [0, 0.05) is 18.6 Å². The molecule has 1 saturated carbocycles. The first-order valence-corrected chi connectivity index (χ1v) is 21.0. The minimum atomic E-state index is -1.27. The van der Waals surface area contributed by atoms with Crippen molar-refractivity contribution in [2.24, 2.45) is 0 Å². The normalized spacial score (nSPS) is 15.7. The Bertz CT molecular complexity index is 1750. The number of ketones is 1. The highest BCUT2D eigenvalue weighted by atomic mass is 32.2. The van der Waals surface area contributed by atoms with Crippen LogP contribution >= 0.6 is 11.8 Å². The van der Waals surface area contributed by atoms with Gasteiger partial charge >= 0.3 is 5.97 Å². The van der Waals surface area contributed by atoms with Gasteiger partial charge in [-0.1, -0.05) is 116 Å². The van der Waals surface area contributed by atoms with Crippen LogP contribution in [0.15, 0.2) is 103 Å². The maximum absolute atomic E-state index is 14.5. The molecule has 4 rings (SSSR count). The van der Waals surface area contributed by atoms with E-state index in [1.54, 1.807) is 26.8 Å². The number of benzene rings is 3. The number of ether oxygens (including phenoxy) is 1. The van der Waals surface area contributed by atoms with Gasteiger partial charge in [-0.25, -0.2) is 0 Å². The van der Waals surface area contributed by atoms with Crippen molar-refractivity contribution in [3.05, 3.63) is 120 Å². The van der Waals surface area contributed by atoms with Crippen LogP contribution in [0, 0.1) is 0 Å². The third-order valence-electron chi connectivity index (χ3n) is 9.84. The number of unbranched alkanes of at least 4 members (excludes halogenated alkanes) is 1. The number of amides is 3. The molecule has 0 aliphatic heterocycles. The second-order valence-electron chi connectivity index (χ2n) is 16.0. The molecule has 4 atom stereocenters. The molecule has 5 N–H and O–H groups in total. The molecule has 11 nitrogen and oxygen atoms in total. The van der Waals surface area contributed by atoms with Crippen LogP contribution in [0.5, 0.6) is 0 Å². The molecule has 0 aromatic heterocycles. The highest BCUT2D eigenvalue weighted by molar-refractivity contribution is 8.00. The number of aliphatic hydroxyl groups excluding tert-OH is 2. The zero-order valence-corrected chi connectivity index (χ0v) is 35.1. The quantitative estimate of drug-likeness (QED) is 0.0471. The van der Waals surface area contributed by atoms with Gasteiger partial charge in [0.1, 0.15) is 23.5 Å². The second-order valence-corrected chi connectivity index (χ2v) is 17.2. The van der Waals surface area contributed by atoms with Crippen LogP contribution in [-0.2, 0) is 33.5 Å². The molecular weight excluding hydrogens is 755 g/mol. The molecule has 1 aliphatic carbocycles. The van der Waals surface area contributed by atoms with Gasteiger partial charge in [0.05, 0.1) is 28.9 Å². The summed E-state index contributed by atoms with van der Waals surface area (Å²) in [5.74, 6) is -2.66. The van der Waals surface area contributed by atoms with Gasteiger partial charge in [-0.3, -0.25) is 24.0 Å². The molecule has 1 aliphatic rings. The average Bonchev–Trinajstić information content (AvgIpc) is 3.97. The molecular formula is C46H59N3O8S. The van der Waals surface area contributed by atoms with Crippen LogP contribution in [-0.4, -0.2) is 80.9 Å². The number of hydrogen-bond acceptors (Lipinski definition) is 9. The van der Waals surface area contributed by atoms with E-state index in [4.69, 9.17) is 4.74 Å². The Morgan fingerprint density at radius 2 is 1.33 bits per heavy atom. The number of aliphatic hydroxyl groups is 2. The highest BCUT2D eigenvalue weighted by Crippen LogP contribution is 2.49. The Balaban J connectivity index is 1.71. The van der Waals surface area contributed by atoms with Crippen molar-refractivity contribution in [2.45, 2.75) is 126 Å². The summed E-state index contributed by atoms with van der Waals surface area (Å²) < 4.78 is 4.62. The van der Waals surface area contributed by atoms with Crippen LogP contribution in [0.4, 0.5) is 0 Å². The summed E-state index contributed by atoms with van der Waals surface area (Å²) >= 11 is 1.45. The molecule has 3 aromatic rings. The summed E-state index contributed by atoms with van der Waals surface area (Å²) in [5, 5.41) is 30.0. The molecule has 3 amide bonds. The number of rotatable bonds is 22. The lowest BCUT2D eigenvalue weighted by Crippen LogP contribution is -2.58. The standard InChI is InChI=1S/C46H59N3O8S/c1-6-7-11-24-36(51)30-40(53)47-37(25-26-41(54)57-44(3,4)5)42(55)48-38(43(56)49-45(27-28-45)39(52)29-32(2)50)31-58-46(33-18-12-8-13-19-33,34-20-14-9-15-21-34)35-22-16-10-17-23-35/h8-24,36-39,51-52H,6-7,25-31H2,1-5H3,(H,47,53)(H,48,55)(H,49,56)/b24-11+/t36-,37-,38-,39?/m1/s1. The lowest BCUT2D eigenvalue weighted by atomic mass is 9.84. The van der Waals surface area contributed by atoms with Gasteiger partial charge in [-0.05, 0) is 70.1 Å². The molecule has 1 unspecified atom stereocenters. The molecule has 312 valence electrons. The van der Waals surface area contributed by atoms with E-state index in [-0.39, 0.29) is 37.2 Å². The van der Waals surface area contributed by atoms with E-state index < -0.39 is 63.9 Å². The predicted molar refractivity (Wildman–Crippen MR) is 227 cm³/mol. The van der Waals surface area contributed by atoms with Crippen molar-refractivity contribution < 1.29 is 38.9 Å². The van der Waals surface area contributed by atoms with Gasteiger partial charge in [-0.15, -0.1) is 11.8 Å². The fourth-order valence-electron chi connectivity index (χ4n) is 6.76. The summed E-state index contributed by atoms with van der Waals surface area (Å²) in [4.78, 5) is 66.8. The SMILES string of the molecule is CCC/C=C/[C@@H](O)CC(=O)N[C@H](CCC(=O)OC(C)(C)C)C(=O)N[C@H](CSC(c1ccccc1)(c1ccccc1)c1ccccc1)C(=O)NC1(C(O)CC(C)=O)CC1. The number of Topliss-reactive ketones (excluding diaryl/α,β-unsaturated/α-hetero) is 1. The Kier molecular flexibility index (Phi) is 16.9. The summed E-state index contributed by atoms with van der Waals surface area (Å²) in [6.07, 6.45) is 2.81. The van der Waals surface area contributed by atoms with E-state index in [1.165, 1.54) is 24.8 Å². The maximum Gasteiger partial charge on any atom is 0.306 e. The van der Waals surface area contributed by atoms with Crippen molar-refractivity contribution in [1.29, 1.82) is 0 Å². The predicted octanol–water partition coefficient (Wildman–Crippen LogP) is 5.90. The molecule has 0 radical (unpaired) electrons. The monoisotopic (exact) mass is 813 g/mol. The average molecular weight is 814 g/mol. The molecule has 0 bridgehead atoms. The molecule has 12 heteroatoms. The number of allylic oxidation sites excluding steroid dienone is 1. The molecule has 1 fully saturated rings. The van der Waals surface area contributed by atoms with Crippen molar-refractivity contribution >= 4 is 41.2 Å². The van der Waals surface area contributed by atoms with Gasteiger partial charge in [0.2, 0.25) is 17.7 Å². The Hall–Kier alpha value is -4.78. The number of nitrogens with one attached hydrogen (secondary N) is 3. The van der Waals surface area contributed by atoms with E-state index in [2.05, 4.69) is 16.0 Å². The molecule has 58 heavy (non-hydrogen) atoms. The summed E-state index contributed by atoms with van der Waals surface area (Å²) in [5.41, 5.74) is 1.01. The Morgan fingerprint density at radius 3 is 1.79 bits per heavy atom. The summed E-state index contributed by atoms with van der Waals surface area (Å²) in [7, 11) is 0. The fourth-order valence-corrected chi connectivity index (χ4v) is 8.32. The fraction of sp³-hybridized carbons (Fsp3) is 0.457. The molecule has 3 aromatic carbocycles. The van der Waals surface area contributed by atoms with E-state index in [1.807, 2.05) is 97.9 Å². The molecule has 0 heterocycles. The highest BCUT2D eigenvalue weighted by Gasteiger charge is 2.51. The molecule has 0 saturated heterocycles. The second kappa shape index (κ2) is 21.3. The topological polar surface area (TPSA) is 171 Å². The van der Waals surface area contributed by atoms with Crippen LogP contribution < -0.4 is 16.0 Å². The van der Waals surface area contributed by atoms with Crippen LogP contribution in [0.25, 0.3) is 0 Å². The Labute approximate surface area is 346 Å². The first-order chi connectivity index (χ1) is 27.6. The van der Waals surface area contributed by atoms with Crippen molar-refractivity contribution in [2.75, 3.05) is 5.75 Å². The number of hydrogen-bond donors (Lipinski definition) is 5. The Morgan fingerprint density at radius 1 is 0.793 bits per heavy atom.